The van der Waals surface area contributed by atoms with Gasteiger partial charge >= 0.3 is 0 Å². The lowest BCUT2D eigenvalue weighted by Crippen LogP contribution is -2.40. The zero-order chi connectivity index (χ0) is 16.1. The van der Waals surface area contributed by atoms with Gasteiger partial charge in [0.05, 0.1) is 12.3 Å². The van der Waals surface area contributed by atoms with E-state index in [1.165, 1.54) is 19.3 Å². The van der Waals surface area contributed by atoms with Gasteiger partial charge in [-0.25, -0.2) is 0 Å². The van der Waals surface area contributed by atoms with E-state index in [1.54, 1.807) is 6.26 Å². The molecule has 1 fully saturated rings. The molecule has 0 aliphatic carbocycles. The zero-order valence-corrected chi connectivity index (χ0v) is 14.6. The van der Waals surface area contributed by atoms with E-state index in [9.17, 15) is 4.79 Å². The maximum absolute atomic E-state index is 12.4. The maximum atomic E-state index is 12.4. The molecule has 0 radical (unpaired) electrons. The minimum Gasteiger partial charge on any atom is -0.468 e. The van der Waals surface area contributed by atoms with E-state index in [-0.39, 0.29) is 11.9 Å². The number of halogens is 1. The fraction of sp³-hybridized carbons (Fsp3) is 0.389. The summed E-state index contributed by atoms with van der Waals surface area (Å²) in [6, 6.07) is 11.4. The number of benzene rings is 1. The molecule has 122 valence electrons. The van der Waals surface area contributed by atoms with Crippen molar-refractivity contribution in [2.75, 3.05) is 19.6 Å². The monoisotopic (exact) mass is 376 g/mol. The minimum absolute atomic E-state index is 0.0557. The second kappa shape index (κ2) is 7.79. The SMILES string of the molecule is O=C(NC[C@H](c1ccco1)N1CCCCC1)c1cccc(Br)c1. The van der Waals surface area contributed by atoms with Gasteiger partial charge in [-0.05, 0) is 56.3 Å². The Hall–Kier alpha value is -1.59. The van der Waals surface area contributed by atoms with Crippen LogP contribution in [0, 0.1) is 0 Å². The van der Waals surface area contributed by atoms with Crippen molar-refractivity contribution in [2.45, 2.75) is 25.3 Å². The first kappa shape index (κ1) is 16.3. The molecule has 23 heavy (non-hydrogen) atoms. The fourth-order valence-electron chi connectivity index (χ4n) is 3.04. The fourth-order valence-corrected chi connectivity index (χ4v) is 3.44. The van der Waals surface area contributed by atoms with Crippen molar-refractivity contribution < 1.29 is 9.21 Å². The van der Waals surface area contributed by atoms with E-state index >= 15 is 0 Å². The number of nitrogens with zero attached hydrogens (tertiary/aromatic N) is 1. The molecule has 0 unspecified atom stereocenters. The number of carbonyl (C=O) groups is 1. The van der Waals surface area contributed by atoms with Crippen LogP contribution in [0.4, 0.5) is 0 Å². The van der Waals surface area contributed by atoms with Crippen LogP contribution in [-0.4, -0.2) is 30.4 Å². The molecule has 0 spiro atoms. The summed E-state index contributed by atoms with van der Waals surface area (Å²) in [6.45, 7) is 2.66. The molecule has 4 nitrogen and oxygen atoms in total. The number of hydrogen-bond acceptors (Lipinski definition) is 3. The Bertz CT molecular complexity index is 636. The van der Waals surface area contributed by atoms with Gasteiger partial charge in [0, 0.05) is 16.6 Å². The van der Waals surface area contributed by atoms with Crippen LogP contribution in [-0.2, 0) is 0 Å². The van der Waals surface area contributed by atoms with Crippen molar-refractivity contribution in [3.8, 4) is 0 Å². The third-order valence-corrected chi connectivity index (χ3v) is 4.74. The maximum Gasteiger partial charge on any atom is 0.251 e. The molecular formula is C18H21BrN2O2. The predicted octanol–water partition coefficient (Wildman–Crippen LogP) is 4.00. The molecule has 1 aliphatic rings. The molecule has 1 N–H and O–H groups in total. The van der Waals surface area contributed by atoms with Crippen LogP contribution in [0.25, 0.3) is 0 Å². The number of piperidine rings is 1. The third-order valence-electron chi connectivity index (χ3n) is 4.25. The number of hydrogen-bond donors (Lipinski definition) is 1. The quantitative estimate of drug-likeness (QED) is 0.857. The minimum atomic E-state index is -0.0557. The second-order valence-corrected chi connectivity index (χ2v) is 6.76. The highest BCUT2D eigenvalue weighted by atomic mass is 79.9. The number of amides is 1. The summed E-state index contributed by atoms with van der Waals surface area (Å²) >= 11 is 3.40. The Balaban J connectivity index is 1.67. The van der Waals surface area contributed by atoms with Crippen LogP contribution < -0.4 is 5.32 Å². The van der Waals surface area contributed by atoms with E-state index in [0.717, 1.165) is 23.3 Å². The van der Waals surface area contributed by atoms with Gasteiger partial charge in [0.15, 0.2) is 0 Å². The van der Waals surface area contributed by atoms with Crippen molar-refractivity contribution in [1.29, 1.82) is 0 Å². The van der Waals surface area contributed by atoms with Crippen molar-refractivity contribution >= 4 is 21.8 Å². The summed E-state index contributed by atoms with van der Waals surface area (Å²) in [5, 5.41) is 3.05. The standard InChI is InChI=1S/C18H21BrN2O2/c19-15-7-4-6-14(12-15)18(22)20-13-16(17-8-5-11-23-17)21-9-2-1-3-10-21/h4-8,11-12,16H,1-3,9-10,13H2,(H,20,22)/t16-/m1/s1. The molecule has 1 aromatic heterocycles. The van der Waals surface area contributed by atoms with Gasteiger partial charge in [-0.2, -0.15) is 0 Å². The molecule has 0 saturated carbocycles. The Morgan fingerprint density at radius 2 is 2.04 bits per heavy atom. The highest BCUT2D eigenvalue weighted by Gasteiger charge is 2.25. The van der Waals surface area contributed by atoms with Gasteiger partial charge in [0.2, 0.25) is 0 Å². The van der Waals surface area contributed by atoms with Crippen LogP contribution in [0.1, 0.15) is 41.4 Å². The summed E-state index contributed by atoms with van der Waals surface area (Å²) in [7, 11) is 0. The summed E-state index contributed by atoms with van der Waals surface area (Å²) in [4.78, 5) is 14.8. The van der Waals surface area contributed by atoms with Crippen LogP contribution in [0.3, 0.4) is 0 Å². The Morgan fingerprint density at radius 1 is 1.22 bits per heavy atom. The Labute approximate surface area is 145 Å². The van der Waals surface area contributed by atoms with Crippen LogP contribution >= 0.6 is 15.9 Å². The molecular weight excluding hydrogens is 356 g/mol. The normalized spacial score (nSPS) is 16.9. The van der Waals surface area contributed by atoms with E-state index in [0.29, 0.717) is 12.1 Å². The largest absolute Gasteiger partial charge is 0.468 e. The van der Waals surface area contributed by atoms with Crippen LogP contribution in [0.15, 0.2) is 51.6 Å². The molecule has 1 aromatic carbocycles. The molecule has 1 atom stereocenters. The lowest BCUT2D eigenvalue weighted by atomic mass is 10.1. The van der Waals surface area contributed by atoms with E-state index < -0.39 is 0 Å². The topological polar surface area (TPSA) is 45.5 Å². The number of nitrogens with one attached hydrogen (secondary N) is 1. The van der Waals surface area contributed by atoms with Gasteiger partial charge in [0.25, 0.3) is 5.91 Å². The first-order valence-corrected chi connectivity index (χ1v) is 8.84. The van der Waals surface area contributed by atoms with Crippen LogP contribution in [0.2, 0.25) is 0 Å². The van der Waals surface area contributed by atoms with Crippen molar-refractivity contribution in [3.05, 3.63) is 58.5 Å². The van der Waals surface area contributed by atoms with Gasteiger partial charge in [-0.3, -0.25) is 9.69 Å². The molecule has 2 aromatic rings. The zero-order valence-electron chi connectivity index (χ0n) is 13.0. The number of carbonyl (C=O) groups excluding carboxylic acids is 1. The summed E-state index contributed by atoms with van der Waals surface area (Å²) in [6.07, 6.45) is 5.39. The van der Waals surface area contributed by atoms with E-state index in [1.807, 2.05) is 36.4 Å². The van der Waals surface area contributed by atoms with Gasteiger partial charge in [0.1, 0.15) is 5.76 Å². The van der Waals surface area contributed by atoms with Crippen LogP contribution in [0.5, 0.6) is 0 Å². The predicted molar refractivity (Wildman–Crippen MR) is 93.3 cm³/mol. The molecule has 0 bridgehead atoms. The summed E-state index contributed by atoms with van der Waals surface area (Å²) < 4.78 is 6.51. The second-order valence-electron chi connectivity index (χ2n) is 5.85. The average molecular weight is 377 g/mol. The molecule has 2 heterocycles. The first-order chi connectivity index (χ1) is 11.2. The van der Waals surface area contributed by atoms with E-state index in [2.05, 4.69) is 26.1 Å². The lowest BCUT2D eigenvalue weighted by Gasteiger charge is -2.33. The average Bonchev–Trinajstić information content (AvgIpc) is 3.10. The molecule has 1 amide bonds. The summed E-state index contributed by atoms with van der Waals surface area (Å²) in [5.74, 6) is 0.862. The number of likely N-dealkylation sites (tertiary alicyclic amines) is 1. The summed E-state index contributed by atoms with van der Waals surface area (Å²) in [5.41, 5.74) is 0.663. The third kappa shape index (κ3) is 4.24. The van der Waals surface area contributed by atoms with Gasteiger partial charge in [-0.1, -0.05) is 28.4 Å². The van der Waals surface area contributed by atoms with Crippen molar-refractivity contribution in [2.24, 2.45) is 0 Å². The lowest BCUT2D eigenvalue weighted by molar-refractivity contribution is 0.0914. The van der Waals surface area contributed by atoms with Gasteiger partial charge in [-0.15, -0.1) is 0 Å². The van der Waals surface area contributed by atoms with Crippen molar-refractivity contribution in [3.63, 3.8) is 0 Å². The Kier molecular flexibility index (Phi) is 5.51. The molecule has 3 rings (SSSR count). The molecule has 1 aliphatic heterocycles. The number of furan rings is 1. The van der Waals surface area contributed by atoms with Crippen molar-refractivity contribution in [1.82, 2.24) is 10.2 Å². The smallest absolute Gasteiger partial charge is 0.251 e. The molecule has 5 heteroatoms. The van der Waals surface area contributed by atoms with E-state index in [4.69, 9.17) is 4.42 Å². The highest BCUT2D eigenvalue weighted by Crippen LogP contribution is 2.24. The first-order valence-electron chi connectivity index (χ1n) is 8.05. The highest BCUT2D eigenvalue weighted by molar-refractivity contribution is 9.10. The number of rotatable bonds is 5. The molecule has 1 saturated heterocycles. The Morgan fingerprint density at radius 3 is 2.74 bits per heavy atom. The van der Waals surface area contributed by atoms with Gasteiger partial charge < -0.3 is 9.73 Å².